The Bertz CT molecular complexity index is 1220. The van der Waals surface area contributed by atoms with Gasteiger partial charge in [0.25, 0.3) is 11.6 Å². The third kappa shape index (κ3) is 4.14. The largest absolute Gasteiger partial charge is 0.290 e. The summed E-state index contributed by atoms with van der Waals surface area (Å²) in [6.07, 6.45) is 3.56. The number of para-hydroxylation sites is 1. The molecule has 4 rings (SSSR count). The number of benzene rings is 2. The molecule has 0 radical (unpaired) electrons. The standard InChI is InChI=1S/C22H18N4O3S2/c1-14(2)25-21(27)19(31-22(25)30)12-16-13-24(17-8-4-3-5-9-17)23-20(16)15-7-6-10-18(11-15)26(28)29/h3-14H,1-2H3/b19-12-. The average molecular weight is 451 g/mol. The van der Waals surface area contributed by atoms with Crippen LogP contribution >= 0.6 is 24.0 Å². The summed E-state index contributed by atoms with van der Waals surface area (Å²) in [5.41, 5.74) is 2.62. The molecule has 0 atom stereocenters. The van der Waals surface area contributed by atoms with E-state index in [0.29, 0.717) is 26.0 Å². The van der Waals surface area contributed by atoms with Crippen molar-refractivity contribution in [2.75, 3.05) is 0 Å². The van der Waals surface area contributed by atoms with Gasteiger partial charge in [-0.1, -0.05) is 54.3 Å². The maximum Gasteiger partial charge on any atom is 0.270 e. The van der Waals surface area contributed by atoms with Crippen LogP contribution in [0.25, 0.3) is 23.0 Å². The number of hydrogen-bond donors (Lipinski definition) is 0. The highest BCUT2D eigenvalue weighted by Crippen LogP contribution is 2.36. The minimum absolute atomic E-state index is 0.0242. The third-order valence-corrected chi connectivity index (χ3v) is 6.05. The normalized spacial score (nSPS) is 15.3. The Morgan fingerprint density at radius 3 is 2.55 bits per heavy atom. The summed E-state index contributed by atoms with van der Waals surface area (Å²) in [6.45, 7) is 3.82. The van der Waals surface area contributed by atoms with Gasteiger partial charge in [-0.05, 0) is 32.1 Å². The van der Waals surface area contributed by atoms with Crippen molar-refractivity contribution in [3.05, 3.63) is 81.4 Å². The van der Waals surface area contributed by atoms with Crippen LogP contribution in [0.15, 0.2) is 65.7 Å². The van der Waals surface area contributed by atoms with Gasteiger partial charge in [-0.25, -0.2) is 4.68 Å². The lowest BCUT2D eigenvalue weighted by Crippen LogP contribution is -2.34. The number of aromatic nitrogens is 2. The summed E-state index contributed by atoms with van der Waals surface area (Å²) in [5.74, 6) is -0.151. The second-order valence-corrected chi connectivity index (χ2v) is 8.84. The molecular formula is C22H18N4O3S2. The van der Waals surface area contributed by atoms with Gasteiger partial charge in [-0.15, -0.1) is 0 Å². The van der Waals surface area contributed by atoms with Crippen molar-refractivity contribution >= 4 is 46.0 Å². The van der Waals surface area contributed by atoms with Crippen LogP contribution in [0.5, 0.6) is 0 Å². The second kappa shape index (κ2) is 8.44. The van der Waals surface area contributed by atoms with E-state index in [9.17, 15) is 14.9 Å². The first-order chi connectivity index (χ1) is 14.8. The van der Waals surface area contributed by atoms with E-state index in [0.717, 1.165) is 5.69 Å². The predicted octanol–water partition coefficient (Wildman–Crippen LogP) is 5.06. The lowest BCUT2D eigenvalue weighted by atomic mass is 10.1. The lowest BCUT2D eigenvalue weighted by molar-refractivity contribution is -0.384. The van der Waals surface area contributed by atoms with Crippen molar-refractivity contribution in [2.24, 2.45) is 0 Å². The number of thiocarbonyl (C=S) groups is 1. The lowest BCUT2D eigenvalue weighted by Gasteiger charge is -2.18. The van der Waals surface area contributed by atoms with E-state index in [4.69, 9.17) is 12.2 Å². The smallest absolute Gasteiger partial charge is 0.270 e. The summed E-state index contributed by atoms with van der Waals surface area (Å²) in [6, 6.07) is 15.8. The van der Waals surface area contributed by atoms with E-state index in [2.05, 4.69) is 5.10 Å². The van der Waals surface area contributed by atoms with Crippen molar-refractivity contribution in [3.8, 4) is 16.9 Å². The number of rotatable bonds is 5. The van der Waals surface area contributed by atoms with Crippen molar-refractivity contribution in [3.63, 3.8) is 0 Å². The van der Waals surface area contributed by atoms with Crippen molar-refractivity contribution in [2.45, 2.75) is 19.9 Å². The van der Waals surface area contributed by atoms with E-state index in [1.165, 1.54) is 23.9 Å². The predicted molar refractivity (Wildman–Crippen MR) is 126 cm³/mol. The highest BCUT2D eigenvalue weighted by atomic mass is 32.2. The number of carbonyl (C=O) groups is 1. The third-order valence-electron chi connectivity index (χ3n) is 4.72. The van der Waals surface area contributed by atoms with Gasteiger partial charge in [0, 0.05) is 35.5 Å². The average Bonchev–Trinajstić information content (AvgIpc) is 3.29. The van der Waals surface area contributed by atoms with Crippen LogP contribution in [0.4, 0.5) is 5.69 Å². The van der Waals surface area contributed by atoms with Crippen molar-refractivity contribution in [1.29, 1.82) is 0 Å². The van der Waals surface area contributed by atoms with Gasteiger partial charge in [-0.2, -0.15) is 5.10 Å². The SMILES string of the molecule is CC(C)N1C(=O)/C(=C/c2cn(-c3ccccc3)nc2-c2cccc([N+](=O)[O-])c2)SC1=S. The van der Waals surface area contributed by atoms with Gasteiger partial charge in [0.15, 0.2) is 0 Å². The molecule has 0 spiro atoms. The summed E-state index contributed by atoms with van der Waals surface area (Å²) in [5, 5.41) is 15.9. The topological polar surface area (TPSA) is 81.3 Å². The van der Waals surface area contributed by atoms with Crippen LogP contribution < -0.4 is 0 Å². The van der Waals surface area contributed by atoms with Gasteiger partial charge < -0.3 is 0 Å². The maximum atomic E-state index is 12.9. The number of carbonyl (C=O) groups excluding carboxylic acids is 1. The Balaban J connectivity index is 1.84. The minimum atomic E-state index is -0.439. The van der Waals surface area contributed by atoms with Crippen LogP contribution in [-0.4, -0.2) is 35.9 Å². The van der Waals surface area contributed by atoms with Gasteiger partial charge in [0.05, 0.1) is 15.5 Å². The van der Waals surface area contributed by atoms with Gasteiger partial charge in [0.1, 0.15) is 10.0 Å². The molecule has 156 valence electrons. The number of thioether (sulfide) groups is 1. The van der Waals surface area contributed by atoms with E-state index in [-0.39, 0.29) is 17.6 Å². The summed E-state index contributed by atoms with van der Waals surface area (Å²) < 4.78 is 2.21. The molecule has 0 bridgehead atoms. The zero-order valence-corrected chi connectivity index (χ0v) is 18.4. The zero-order chi connectivity index (χ0) is 22.1. The highest BCUT2D eigenvalue weighted by Gasteiger charge is 2.34. The Labute approximate surface area is 188 Å². The fraction of sp³-hybridized carbons (Fsp3) is 0.136. The van der Waals surface area contributed by atoms with Crippen LogP contribution in [0, 0.1) is 10.1 Å². The van der Waals surface area contributed by atoms with Crippen molar-refractivity contribution < 1.29 is 9.72 Å². The number of nitro groups is 1. The second-order valence-electron chi connectivity index (χ2n) is 7.17. The van der Waals surface area contributed by atoms with Gasteiger partial charge >= 0.3 is 0 Å². The highest BCUT2D eigenvalue weighted by molar-refractivity contribution is 8.26. The molecule has 1 amide bonds. The number of nitrogens with zero attached hydrogens (tertiary/aromatic N) is 4. The fourth-order valence-corrected chi connectivity index (χ4v) is 4.78. The molecule has 7 nitrogen and oxygen atoms in total. The van der Waals surface area contributed by atoms with E-state index in [1.54, 1.807) is 27.8 Å². The number of amides is 1. The molecule has 1 fully saturated rings. The quantitative estimate of drug-likeness (QED) is 0.234. The number of non-ortho nitro benzene ring substituents is 1. The Morgan fingerprint density at radius 2 is 1.90 bits per heavy atom. The van der Waals surface area contributed by atoms with Gasteiger partial charge in [-0.3, -0.25) is 19.8 Å². The van der Waals surface area contributed by atoms with Crippen LogP contribution in [0.2, 0.25) is 0 Å². The van der Waals surface area contributed by atoms with Crippen LogP contribution in [0.1, 0.15) is 19.4 Å². The first-order valence-corrected chi connectivity index (χ1v) is 10.7. The first-order valence-electron chi connectivity index (χ1n) is 9.52. The molecule has 2 heterocycles. The Hall–Kier alpha value is -3.30. The molecule has 0 unspecified atom stereocenters. The zero-order valence-electron chi connectivity index (χ0n) is 16.8. The molecule has 0 saturated carbocycles. The minimum Gasteiger partial charge on any atom is -0.290 e. The molecule has 1 saturated heterocycles. The van der Waals surface area contributed by atoms with Crippen molar-refractivity contribution in [1.82, 2.24) is 14.7 Å². The molecular weight excluding hydrogens is 432 g/mol. The molecule has 9 heteroatoms. The number of hydrogen-bond acceptors (Lipinski definition) is 6. The summed E-state index contributed by atoms with van der Waals surface area (Å²) in [7, 11) is 0. The van der Waals surface area contributed by atoms with E-state index >= 15 is 0 Å². The molecule has 1 aromatic heterocycles. The monoisotopic (exact) mass is 450 g/mol. The Kier molecular flexibility index (Phi) is 5.71. The summed E-state index contributed by atoms with van der Waals surface area (Å²) >= 11 is 6.62. The molecule has 0 N–H and O–H groups in total. The van der Waals surface area contributed by atoms with Crippen LogP contribution in [-0.2, 0) is 4.79 Å². The van der Waals surface area contributed by atoms with E-state index in [1.807, 2.05) is 50.4 Å². The van der Waals surface area contributed by atoms with E-state index < -0.39 is 4.92 Å². The molecule has 1 aliphatic heterocycles. The molecule has 2 aromatic carbocycles. The first kappa shape index (κ1) is 21.0. The van der Waals surface area contributed by atoms with Crippen LogP contribution in [0.3, 0.4) is 0 Å². The molecule has 0 aliphatic carbocycles. The molecule has 3 aromatic rings. The van der Waals surface area contributed by atoms with Gasteiger partial charge in [0.2, 0.25) is 0 Å². The summed E-state index contributed by atoms with van der Waals surface area (Å²) in [4.78, 5) is 25.8. The molecule has 1 aliphatic rings. The fourth-order valence-electron chi connectivity index (χ4n) is 3.26. The molecule has 31 heavy (non-hydrogen) atoms. The number of nitro benzene ring substituents is 1. The Morgan fingerprint density at radius 1 is 1.16 bits per heavy atom. The maximum absolute atomic E-state index is 12.9.